The summed E-state index contributed by atoms with van der Waals surface area (Å²) in [6.45, 7) is -0.981. The fourth-order valence-electron chi connectivity index (χ4n) is 1.74. The zero-order valence-corrected chi connectivity index (χ0v) is 12.1. The molecule has 2 aromatic carbocycles. The number of nitrogens with one attached hydrogen (secondary N) is 1. The van der Waals surface area contributed by atoms with Gasteiger partial charge in [-0.1, -0.05) is 0 Å². The van der Waals surface area contributed by atoms with Crippen molar-refractivity contribution in [2.24, 2.45) is 0 Å². The number of sulfonamides is 1. The minimum atomic E-state index is -5.25. The molecule has 0 bridgehead atoms. The monoisotopic (exact) mass is 373 g/mol. The van der Waals surface area contributed by atoms with Gasteiger partial charge in [-0.25, -0.2) is 43.9 Å². The number of hydrogen-bond donors (Lipinski definition) is 1. The lowest BCUT2D eigenvalue weighted by Gasteiger charge is -2.11. The van der Waals surface area contributed by atoms with Crippen molar-refractivity contribution in [1.82, 2.24) is 4.72 Å². The van der Waals surface area contributed by atoms with Crippen molar-refractivity contribution in [1.29, 1.82) is 0 Å². The molecule has 0 saturated carbocycles. The highest BCUT2D eigenvalue weighted by Gasteiger charge is 2.33. The second-order valence-corrected chi connectivity index (χ2v) is 6.16. The lowest BCUT2D eigenvalue weighted by atomic mass is 10.2. The van der Waals surface area contributed by atoms with E-state index in [1.165, 1.54) is 4.72 Å². The first kappa shape index (κ1) is 18.2. The molecule has 0 radical (unpaired) electrons. The van der Waals surface area contributed by atoms with Gasteiger partial charge in [-0.2, -0.15) is 0 Å². The van der Waals surface area contributed by atoms with Crippen molar-refractivity contribution in [3.63, 3.8) is 0 Å². The zero-order chi connectivity index (χ0) is 18.2. The predicted octanol–water partition coefficient (Wildman–Crippen LogP) is 3.14. The summed E-state index contributed by atoms with van der Waals surface area (Å²) in [4.78, 5) is -2.12. The van der Waals surface area contributed by atoms with Crippen LogP contribution in [-0.2, 0) is 16.6 Å². The van der Waals surface area contributed by atoms with Crippen molar-refractivity contribution in [3.05, 3.63) is 64.5 Å². The van der Waals surface area contributed by atoms with E-state index in [0.29, 0.717) is 12.1 Å². The highest BCUT2D eigenvalue weighted by Crippen LogP contribution is 2.26. The van der Waals surface area contributed by atoms with E-state index in [4.69, 9.17) is 0 Å². The van der Waals surface area contributed by atoms with Crippen LogP contribution in [0.15, 0.2) is 23.1 Å². The minimum Gasteiger partial charge on any atom is -0.207 e. The van der Waals surface area contributed by atoms with E-state index in [1.54, 1.807) is 0 Å². The van der Waals surface area contributed by atoms with E-state index < -0.39 is 67.7 Å². The highest BCUT2D eigenvalue weighted by atomic mass is 32.2. The van der Waals surface area contributed by atoms with E-state index >= 15 is 0 Å². The molecule has 0 aliphatic rings. The molecule has 2 aromatic rings. The smallest absolute Gasteiger partial charge is 0.207 e. The zero-order valence-electron chi connectivity index (χ0n) is 11.3. The maximum atomic E-state index is 13.5. The molecular weight excluding hydrogens is 367 g/mol. The topological polar surface area (TPSA) is 46.2 Å². The molecule has 2 rings (SSSR count). The van der Waals surface area contributed by atoms with Gasteiger partial charge in [-0.05, 0) is 18.2 Å². The third kappa shape index (κ3) is 3.22. The maximum absolute atomic E-state index is 13.5. The van der Waals surface area contributed by atoms with Crippen molar-refractivity contribution in [2.75, 3.05) is 0 Å². The summed E-state index contributed by atoms with van der Waals surface area (Å²) in [5.74, 6) is -14.5. The van der Waals surface area contributed by atoms with Gasteiger partial charge in [0.15, 0.2) is 28.2 Å². The van der Waals surface area contributed by atoms with E-state index in [9.17, 15) is 39.2 Å². The van der Waals surface area contributed by atoms with Gasteiger partial charge in [-0.15, -0.1) is 0 Å². The summed E-state index contributed by atoms with van der Waals surface area (Å²) in [7, 11) is -5.25. The van der Waals surface area contributed by atoms with Crippen LogP contribution in [0.3, 0.4) is 0 Å². The summed E-state index contributed by atoms with van der Waals surface area (Å²) in [6, 6.07) is 1.99. The Morgan fingerprint density at radius 3 is 1.83 bits per heavy atom. The Balaban J connectivity index is 2.44. The highest BCUT2D eigenvalue weighted by molar-refractivity contribution is 7.89. The Labute approximate surface area is 130 Å². The summed E-state index contributed by atoms with van der Waals surface area (Å²) >= 11 is 0. The standard InChI is InChI=1S/C13H6F7NO2S/c14-6-1-2-7(15)5(3-6)4-21-24(22,23)13-11(19)9(17)8(16)10(18)12(13)20/h1-3,21H,4H2. The quantitative estimate of drug-likeness (QED) is 0.509. The molecule has 3 nitrogen and oxygen atoms in total. The van der Waals surface area contributed by atoms with E-state index in [2.05, 4.69) is 0 Å². The molecule has 0 spiro atoms. The second-order valence-electron chi connectivity index (χ2n) is 4.46. The Kier molecular flexibility index (Phi) is 4.85. The Bertz CT molecular complexity index is 886. The molecule has 0 aromatic heterocycles. The molecule has 0 amide bonds. The molecule has 0 unspecified atom stereocenters. The van der Waals surface area contributed by atoms with E-state index in [1.807, 2.05) is 0 Å². The average Bonchev–Trinajstić information content (AvgIpc) is 2.52. The number of halogens is 7. The first-order valence-corrected chi connectivity index (χ1v) is 7.49. The summed E-state index contributed by atoms with van der Waals surface area (Å²) in [5.41, 5.74) is -0.539. The lowest BCUT2D eigenvalue weighted by Crippen LogP contribution is -2.27. The van der Waals surface area contributed by atoms with E-state index in [0.717, 1.165) is 6.07 Å². The summed E-state index contributed by atoms with van der Waals surface area (Å²) < 4.78 is 117. The molecule has 130 valence electrons. The molecule has 11 heteroatoms. The maximum Gasteiger partial charge on any atom is 0.246 e. The van der Waals surface area contributed by atoms with Gasteiger partial charge in [0.1, 0.15) is 11.6 Å². The first-order valence-electron chi connectivity index (χ1n) is 6.01. The van der Waals surface area contributed by atoms with Gasteiger partial charge in [-0.3, -0.25) is 0 Å². The molecule has 0 atom stereocenters. The van der Waals surface area contributed by atoms with Crippen molar-refractivity contribution in [2.45, 2.75) is 11.4 Å². The molecule has 0 fully saturated rings. The number of rotatable bonds is 4. The van der Waals surface area contributed by atoms with Crippen LogP contribution in [0.5, 0.6) is 0 Å². The van der Waals surface area contributed by atoms with Crippen LogP contribution in [0.2, 0.25) is 0 Å². The van der Waals surface area contributed by atoms with E-state index in [-0.39, 0.29) is 0 Å². The van der Waals surface area contributed by atoms with Gasteiger partial charge >= 0.3 is 0 Å². The molecule has 0 saturated heterocycles. The van der Waals surface area contributed by atoms with Crippen LogP contribution < -0.4 is 4.72 Å². The summed E-state index contributed by atoms with van der Waals surface area (Å²) in [6.07, 6.45) is 0. The average molecular weight is 373 g/mol. The van der Waals surface area contributed by atoms with Crippen LogP contribution in [-0.4, -0.2) is 8.42 Å². The Morgan fingerprint density at radius 2 is 1.29 bits per heavy atom. The Hall–Kier alpha value is -2.14. The second kappa shape index (κ2) is 6.40. The SMILES string of the molecule is O=S(=O)(NCc1cc(F)ccc1F)c1c(F)c(F)c(F)c(F)c1F. The van der Waals surface area contributed by atoms with Gasteiger partial charge in [0.25, 0.3) is 0 Å². The van der Waals surface area contributed by atoms with Gasteiger partial charge in [0.05, 0.1) is 0 Å². The third-order valence-electron chi connectivity index (χ3n) is 2.90. The van der Waals surface area contributed by atoms with Crippen LogP contribution >= 0.6 is 0 Å². The van der Waals surface area contributed by atoms with Gasteiger partial charge in [0.2, 0.25) is 15.8 Å². The number of hydrogen-bond acceptors (Lipinski definition) is 2. The van der Waals surface area contributed by atoms with Crippen LogP contribution in [0.4, 0.5) is 30.7 Å². The molecule has 24 heavy (non-hydrogen) atoms. The third-order valence-corrected chi connectivity index (χ3v) is 4.32. The Morgan fingerprint density at radius 1 is 0.792 bits per heavy atom. The minimum absolute atomic E-state index is 0.539. The molecule has 0 aliphatic carbocycles. The van der Waals surface area contributed by atoms with Crippen molar-refractivity contribution < 1.29 is 39.2 Å². The van der Waals surface area contributed by atoms with Crippen LogP contribution in [0.25, 0.3) is 0 Å². The fraction of sp³-hybridized carbons (Fsp3) is 0.0769. The molecule has 0 heterocycles. The van der Waals surface area contributed by atoms with Crippen molar-refractivity contribution in [3.8, 4) is 0 Å². The largest absolute Gasteiger partial charge is 0.246 e. The van der Waals surface area contributed by atoms with Crippen LogP contribution in [0.1, 0.15) is 5.56 Å². The van der Waals surface area contributed by atoms with Crippen LogP contribution in [0, 0.1) is 40.7 Å². The molecule has 0 aliphatic heterocycles. The summed E-state index contributed by atoms with van der Waals surface area (Å²) in [5, 5.41) is 0. The molecular formula is C13H6F7NO2S. The fourth-order valence-corrected chi connectivity index (χ4v) is 2.89. The predicted molar refractivity (Wildman–Crippen MR) is 66.6 cm³/mol. The normalized spacial score (nSPS) is 11.8. The number of benzene rings is 2. The van der Waals surface area contributed by atoms with Crippen molar-refractivity contribution >= 4 is 10.0 Å². The van der Waals surface area contributed by atoms with Gasteiger partial charge < -0.3 is 0 Å². The first-order chi connectivity index (χ1) is 11.1. The molecule has 1 N–H and O–H groups in total. The lowest BCUT2D eigenvalue weighted by molar-refractivity contribution is 0.357. The van der Waals surface area contributed by atoms with Gasteiger partial charge in [0, 0.05) is 12.1 Å².